The molecule has 0 atom stereocenters. The van der Waals surface area contributed by atoms with Crippen LogP contribution in [0.15, 0.2) is 18.2 Å². The van der Waals surface area contributed by atoms with E-state index >= 15 is 0 Å². The summed E-state index contributed by atoms with van der Waals surface area (Å²) in [5.74, 6) is 0.172. The van der Waals surface area contributed by atoms with E-state index in [2.05, 4.69) is 5.32 Å². The highest BCUT2D eigenvalue weighted by molar-refractivity contribution is 5.78. The smallest absolute Gasteiger partial charge is 0.236 e. The van der Waals surface area contributed by atoms with E-state index in [4.69, 9.17) is 5.11 Å². The van der Waals surface area contributed by atoms with Gasteiger partial charge in [0.2, 0.25) is 5.91 Å². The zero-order chi connectivity index (χ0) is 13.0. The number of phenols is 2. The Hall–Kier alpha value is -1.75. The number of nitrogens with one attached hydrogen (secondary N) is 1. The Morgan fingerprint density at radius 1 is 1.28 bits per heavy atom. The van der Waals surface area contributed by atoms with Crippen molar-refractivity contribution in [1.82, 2.24) is 10.2 Å². The summed E-state index contributed by atoms with van der Waals surface area (Å²) in [5.41, 5.74) is 0.669. The Morgan fingerprint density at radius 3 is 2.67 bits per heavy atom. The van der Waals surface area contributed by atoms with Gasteiger partial charge >= 0.3 is 0 Å². The molecule has 18 heavy (non-hydrogen) atoms. The van der Waals surface area contributed by atoms with Crippen LogP contribution in [0.1, 0.15) is 18.4 Å². The average molecular weight is 250 g/mol. The monoisotopic (exact) mass is 250 g/mol. The van der Waals surface area contributed by atoms with Crippen molar-refractivity contribution < 1.29 is 15.0 Å². The average Bonchev–Trinajstić information content (AvgIpc) is 2.85. The summed E-state index contributed by atoms with van der Waals surface area (Å²) in [7, 11) is 0. The second-order valence-corrected chi connectivity index (χ2v) is 4.50. The first-order valence-corrected chi connectivity index (χ1v) is 6.16. The largest absolute Gasteiger partial charge is 0.508 e. The fourth-order valence-electron chi connectivity index (χ4n) is 2.08. The summed E-state index contributed by atoms with van der Waals surface area (Å²) in [6, 6.07) is 4.44. The number of benzene rings is 1. The SMILES string of the molecule is O=C(CNCc1ccc(O)cc1O)N1CCCC1. The number of hydrogen-bond donors (Lipinski definition) is 3. The van der Waals surface area contributed by atoms with E-state index in [-0.39, 0.29) is 24.0 Å². The van der Waals surface area contributed by atoms with Gasteiger partial charge in [-0.3, -0.25) is 4.79 Å². The Balaban J connectivity index is 1.79. The van der Waals surface area contributed by atoms with Gasteiger partial charge in [0.1, 0.15) is 11.5 Å². The van der Waals surface area contributed by atoms with Crippen LogP contribution in [-0.4, -0.2) is 40.7 Å². The van der Waals surface area contributed by atoms with Crippen molar-refractivity contribution in [3.05, 3.63) is 23.8 Å². The molecule has 2 rings (SSSR count). The lowest BCUT2D eigenvalue weighted by atomic mass is 10.2. The van der Waals surface area contributed by atoms with Gasteiger partial charge in [-0.25, -0.2) is 0 Å². The lowest BCUT2D eigenvalue weighted by molar-refractivity contribution is -0.129. The number of carbonyl (C=O) groups is 1. The molecule has 0 aromatic heterocycles. The zero-order valence-corrected chi connectivity index (χ0v) is 10.2. The van der Waals surface area contributed by atoms with E-state index in [9.17, 15) is 9.90 Å². The third-order valence-corrected chi connectivity index (χ3v) is 3.12. The van der Waals surface area contributed by atoms with Crippen LogP contribution in [-0.2, 0) is 11.3 Å². The first-order chi connectivity index (χ1) is 8.66. The predicted octanol–water partition coefficient (Wildman–Crippen LogP) is 0.810. The maximum atomic E-state index is 11.7. The maximum absolute atomic E-state index is 11.7. The van der Waals surface area contributed by atoms with Crippen LogP contribution in [0.4, 0.5) is 0 Å². The minimum atomic E-state index is 0.0318. The molecule has 0 aliphatic carbocycles. The molecule has 5 nitrogen and oxygen atoms in total. The molecule has 0 unspecified atom stereocenters. The molecule has 0 saturated carbocycles. The number of carbonyl (C=O) groups excluding carboxylic acids is 1. The molecule has 1 aromatic rings. The van der Waals surface area contributed by atoms with E-state index in [1.165, 1.54) is 12.1 Å². The highest BCUT2D eigenvalue weighted by Crippen LogP contribution is 2.22. The van der Waals surface area contributed by atoms with Crippen molar-refractivity contribution in [3.63, 3.8) is 0 Å². The van der Waals surface area contributed by atoms with Crippen molar-refractivity contribution in [3.8, 4) is 11.5 Å². The maximum Gasteiger partial charge on any atom is 0.236 e. The Bertz CT molecular complexity index is 428. The van der Waals surface area contributed by atoms with Gasteiger partial charge in [-0.15, -0.1) is 0 Å². The number of nitrogens with zero attached hydrogens (tertiary/aromatic N) is 1. The molecule has 1 aromatic carbocycles. The van der Waals surface area contributed by atoms with Crippen LogP contribution < -0.4 is 5.32 Å². The van der Waals surface area contributed by atoms with E-state index in [0.717, 1.165) is 25.9 Å². The molecule has 1 heterocycles. The summed E-state index contributed by atoms with van der Waals surface area (Å²) < 4.78 is 0. The van der Waals surface area contributed by atoms with Crippen LogP contribution in [0.25, 0.3) is 0 Å². The molecule has 1 amide bonds. The van der Waals surface area contributed by atoms with Crippen molar-refractivity contribution in [2.75, 3.05) is 19.6 Å². The minimum absolute atomic E-state index is 0.0318. The van der Waals surface area contributed by atoms with Crippen molar-refractivity contribution in [1.29, 1.82) is 0 Å². The molecule has 0 spiro atoms. The van der Waals surface area contributed by atoms with Crippen molar-refractivity contribution in [2.45, 2.75) is 19.4 Å². The first-order valence-electron chi connectivity index (χ1n) is 6.16. The number of phenolic OH excluding ortho intramolecular Hbond substituents is 2. The van der Waals surface area contributed by atoms with Gasteiger partial charge in [-0.2, -0.15) is 0 Å². The van der Waals surface area contributed by atoms with E-state index in [1.807, 2.05) is 4.90 Å². The van der Waals surface area contributed by atoms with Crippen LogP contribution in [0.5, 0.6) is 11.5 Å². The summed E-state index contributed by atoms with van der Waals surface area (Å²) in [4.78, 5) is 13.6. The topological polar surface area (TPSA) is 72.8 Å². The summed E-state index contributed by atoms with van der Waals surface area (Å²) in [5, 5.41) is 21.7. The van der Waals surface area contributed by atoms with Crippen molar-refractivity contribution >= 4 is 5.91 Å². The fraction of sp³-hybridized carbons (Fsp3) is 0.462. The number of rotatable bonds is 4. The van der Waals surface area contributed by atoms with Crippen molar-refractivity contribution in [2.24, 2.45) is 0 Å². The molecule has 1 saturated heterocycles. The fourth-order valence-corrected chi connectivity index (χ4v) is 2.08. The molecule has 5 heteroatoms. The van der Waals surface area contributed by atoms with Gasteiger partial charge in [0.25, 0.3) is 0 Å². The number of aromatic hydroxyl groups is 2. The molecule has 1 aliphatic heterocycles. The molecule has 0 radical (unpaired) electrons. The van der Waals surface area contributed by atoms with Crippen LogP contribution in [0.2, 0.25) is 0 Å². The first kappa shape index (κ1) is 12.7. The van der Waals surface area contributed by atoms with Gasteiger partial charge in [0.05, 0.1) is 6.54 Å². The number of hydrogen-bond acceptors (Lipinski definition) is 4. The summed E-state index contributed by atoms with van der Waals surface area (Å²) in [6.45, 7) is 2.39. The molecular formula is C13H18N2O3. The quantitative estimate of drug-likeness (QED) is 0.739. The lowest BCUT2D eigenvalue weighted by Crippen LogP contribution is -2.35. The molecule has 0 bridgehead atoms. The van der Waals surface area contributed by atoms with E-state index in [0.29, 0.717) is 12.1 Å². The highest BCUT2D eigenvalue weighted by Gasteiger charge is 2.17. The van der Waals surface area contributed by atoms with Crippen LogP contribution in [0.3, 0.4) is 0 Å². The minimum Gasteiger partial charge on any atom is -0.508 e. The second-order valence-electron chi connectivity index (χ2n) is 4.50. The van der Waals surface area contributed by atoms with Gasteiger partial charge in [0.15, 0.2) is 0 Å². The van der Waals surface area contributed by atoms with Gasteiger partial charge in [0, 0.05) is 31.3 Å². The molecule has 98 valence electrons. The predicted molar refractivity (Wildman–Crippen MR) is 67.3 cm³/mol. The zero-order valence-electron chi connectivity index (χ0n) is 10.2. The summed E-state index contributed by atoms with van der Waals surface area (Å²) >= 11 is 0. The number of amides is 1. The van der Waals surface area contributed by atoms with Crippen LogP contribution in [0, 0.1) is 0 Å². The number of likely N-dealkylation sites (tertiary alicyclic amines) is 1. The molecule has 3 N–H and O–H groups in total. The Kier molecular flexibility index (Phi) is 4.04. The van der Waals surface area contributed by atoms with Gasteiger partial charge in [-0.05, 0) is 18.9 Å². The molecule has 1 fully saturated rings. The lowest BCUT2D eigenvalue weighted by Gasteiger charge is -2.15. The molecular weight excluding hydrogens is 232 g/mol. The van der Waals surface area contributed by atoms with Gasteiger partial charge < -0.3 is 20.4 Å². The van der Waals surface area contributed by atoms with Crippen LogP contribution >= 0.6 is 0 Å². The Labute approximate surface area is 106 Å². The molecule has 1 aliphatic rings. The normalized spacial score (nSPS) is 15.0. The summed E-state index contributed by atoms with van der Waals surface area (Å²) in [6.07, 6.45) is 2.18. The highest BCUT2D eigenvalue weighted by atomic mass is 16.3. The van der Waals surface area contributed by atoms with E-state index < -0.39 is 0 Å². The third-order valence-electron chi connectivity index (χ3n) is 3.12. The third kappa shape index (κ3) is 3.13. The standard InChI is InChI=1S/C13H18N2O3/c16-11-4-3-10(12(17)7-11)8-14-9-13(18)15-5-1-2-6-15/h3-4,7,14,16-17H,1-2,5-6,8-9H2. The Morgan fingerprint density at radius 2 is 2.00 bits per heavy atom. The second kappa shape index (κ2) is 5.73. The van der Waals surface area contributed by atoms with E-state index in [1.54, 1.807) is 6.07 Å². The van der Waals surface area contributed by atoms with Gasteiger partial charge in [-0.1, -0.05) is 6.07 Å².